The van der Waals surface area contributed by atoms with E-state index < -0.39 is 0 Å². The van der Waals surface area contributed by atoms with Gasteiger partial charge in [0.25, 0.3) is 5.91 Å². The van der Waals surface area contributed by atoms with Crippen LogP contribution in [0.5, 0.6) is 0 Å². The summed E-state index contributed by atoms with van der Waals surface area (Å²) in [6.07, 6.45) is 0. The monoisotopic (exact) mass is 325 g/mol. The molecule has 1 amide bonds. The molecule has 6 heteroatoms. The van der Waals surface area contributed by atoms with Gasteiger partial charge in [-0.2, -0.15) is 0 Å². The number of thiazole rings is 1. The Morgan fingerprint density at radius 3 is 2.78 bits per heavy atom. The van der Waals surface area contributed by atoms with Crippen LogP contribution in [0.3, 0.4) is 0 Å². The summed E-state index contributed by atoms with van der Waals surface area (Å²) < 4.78 is 0.920. The first kappa shape index (κ1) is 13.0. The van der Waals surface area contributed by atoms with Crippen molar-refractivity contribution in [3.63, 3.8) is 0 Å². The first-order valence-corrected chi connectivity index (χ1v) is 6.88. The zero-order valence-electron chi connectivity index (χ0n) is 9.95. The Morgan fingerprint density at radius 2 is 2.17 bits per heavy atom. The highest BCUT2D eigenvalue weighted by atomic mass is 79.9. The van der Waals surface area contributed by atoms with Crippen molar-refractivity contribution in [3.05, 3.63) is 38.8 Å². The fourth-order valence-corrected chi connectivity index (χ4v) is 2.63. The Kier molecular flexibility index (Phi) is 3.68. The number of aromatic nitrogens is 1. The SMILES string of the molecule is Cc1ccc(Br)cc1NC(=O)c1sc(N)nc1C. The number of anilines is 2. The Hall–Kier alpha value is -1.40. The zero-order valence-corrected chi connectivity index (χ0v) is 12.4. The molecule has 1 aromatic carbocycles. The van der Waals surface area contributed by atoms with Gasteiger partial charge in [0.15, 0.2) is 5.13 Å². The molecule has 0 unspecified atom stereocenters. The van der Waals surface area contributed by atoms with Crippen molar-refractivity contribution in [3.8, 4) is 0 Å². The van der Waals surface area contributed by atoms with Gasteiger partial charge in [0.2, 0.25) is 0 Å². The Bertz CT molecular complexity index is 609. The van der Waals surface area contributed by atoms with Crippen LogP contribution >= 0.6 is 27.3 Å². The molecule has 1 heterocycles. The second-order valence-corrected chi connectivity index (χ2v) is 5.83. The highest BCUT2D eigenvalue weighted by Crippen LogP contribution is 2.24. The van der Waals surface area contributed by atoms with Gasteiger partial charge in [-0.05, 0) is 31.5 Å². The smallest absolute Gasteiger partial charge is 0.267 e. The summed E-state index contributed by atoms with van der Waals surface area (Å²) in [5.41, 5.74) is 8.02. The van der Waals surface area contributed by atoms with Crippen molar-refractivity contribution in [2.75, 3.05) is 11.1 Å². The lowest BCUT2D eigenvalue weighted by molar-refractivity contribution is 0.102. The molecular formula is C12H12BrN3OS. The van der Waals surface area contributed by atoms with E-state index in [9.17, 15) is 4.79 Å². The van der Waals surface area contributed by atoms with Crippen LogP contribution in [0.15, 0.2) is 22.7 Å². The van der Waals surface area contributed by atoms with E-state index in [0.29, 0.717) is 15.7 Å². The largest absolute Gasteiger partial charge is 0.375 e. The summed E-state index contributed by atoms with van der Waals surface area (Å²) in [4.78, 5) is 16.7. The van der Waals surface area contributed by atoms with Gasteiger partial charge in [-0.25, -0.2) is 4.98 Å². The molecule has 1 aromatic heterocycles. The van der Waals surface area contributed by atoms with E-state index in [1.54, 1.807) is 6.92 Å². The molecule has 94 valence electrons. The van der Waals surface area contributed by atoms with Crippen LogP contribution < -0.4 is 11.1 Å². The molecule has 0 radical (unpaired) electrons. The summed E-state index contributed by atoms with van der Waals surface area (Å²) in [6, 6.07) is 5.74. The lowest BCUT2D eigenvalue weighted by atomic mass is 10.2. The minimum atomic E-state index is -0.178. The minimum Gasteiger partial charge on any atom is -0.375 e. The third-order valence-corrected chi connectivity index (χ3v) is 3.95. The van der Waals surface area contributed by atoms with Crippen molar-refractivity contribution in [2.45, 2.75) is 13.8 Å². The van der Waals surface area contributed by atoms with Crippen LogP contribution in [0.1, 0.15) is 20.9 Å². The van der Waals surface area contributed by atoms with Crippen LogP contribution in [-0.4, -0.2) is 10.9 Å². The fourth-order valence-electron chi connectivity index (χ4n) is 1.54. The number of halogens is 1. The Balaban J connectivity index is 2.26. The number of nitrogens with two attached hydrogens (primary N) is 1. The molecule has 2 aromatic rings. The molecule has 0 saturated heterocycles. The van der Waals surface area contributed by atoms with Crippen molar-refractivity contribution >= 4 is 44.0 Å². The van der Waals surface area contributed by atoms with Crippen molar-refractivity contribution in [2.24, 2.45) is 0 Å². The normalized spacial score (nSPS) is 10.4. The molecule has 0 saturated carbocycles. The third kappa shape index (κ3) is 2.70. The maximum absolute atomic E-state index is 12.1. The highest BCUT2D eigenvalue weighted by Gasteiger charge is 2.15. The van der Waals surface area contributed by atoms with Gasteiger partial charge < -0.3 is 11.1 Å². The summed E-state index contributed by atoms with van der Waals surface area (Å²) >= 11 is 4.57. The number of nitrogens with zero attached hydrogens (tertiary/aromatic N) is 1. The second-order valence-electron chi connectivity index (χ2n) is 3.88. The third-order valence-electron chi connectivity index (χ3n) is 2.47. The molecule has 0 bridgehead atoms. The number of carbonyl (C=O) groups is 1. The van der Waals surface area contributed by atoms with Gasteiger partial charge >= 0.3 is 0 Å². The van der Waals surface area contributed by atoms with E-state index in [4.69, 9.17) is 5.73 Å². The zero-order chi connectivity index (χ0) is 13.3. The lowest BCUT2D eigenvalue weighted by Gasteiger charge is -2.08. The summed E-state index contributed by atoms with van der Waals surface area (Å²) in [6.45, 7) is 3.71. The number of aryl methyl sites for hydroxylation is 2. The predicted octanol–water partition coefficient (Wildman–Crippen LogP) is 3.36. The molecule has 2 rings (SSSR count). The molecule has 0 aliphatic carbocycles. The van der Waals surface area contributed by atoms with Gasteiger partial charge in [0.05, 0.1) is 5.69 Å². The Morgan fingerprint density at radius 1 is 1.44 bits per heavy atom. The van der Waals surface area contributed by atoms with Crippen LogP contribution in [0.4, 0.5) is 10.8 Å². The van der Waals surface area contributed by atoms with E-state index >= 15 is 0 Å². The van der Waals surface area contributed by atoms with Crippen molar-refractivity contribution in [1.82, 2.24) is 4.98 Å². The molecule has 4 nitrogen and oxygen atoms in total. The van der Waals surface area contributed by atoms with E-state index in [0.717, 1.165) is 15.7 Å². The predicted molar refractivity (Wildman–Crippen MR) is 78.1 cm³/mol. The second kappa shape index (κ2) is 5.07. The lowest BCUT2D eigenvalue weighted by Crippen LogP contribution is -2.12. The topological polar surface area (TPSA) is 68.0 Å². The van der Waals surface area contributed by atoms with Crippen LogP contribution in [0.25, 0.3) is 0 Å². The average Bonchev–Trinajstić information content (AvgIpc) is 2.63. The van der Waals surface area contributed by atoms with Gasteiger partial charge in [0.1, 0.15) is 4.88 Å². The van der Waals surface area contributed by atoms with Gasteiger partial charge in [-0.3, -0.25) is 4.79 Å². The standard InChI is InChI=1S/C12H12BrN3OS/c1-6-3-4-8(13)5-9(6)16-11(17)10-7(2)15-12(14)18-10/h3-5H,1-2H3,(H2,14,15)(H,16,17). The highest BCUT2D eigenvalue weighted by molar-refractivity contribution is 9.10. The number of carbonyl (C=O) groups excluding carboxylic acids is 1. The quantitative estimate of drug-likeness (QED) is 0.889. The molecule has 0 atom stereocenters. The summed E-state index contributed by atoms with van der Waals surface area (Å²) in [5.74, 6) is -0.178. The molecule has 0 aliphatic heterocycles. The van der Waals surface area contributed by atoms with Gasteiger partial charge in [-0.15, -0.1) is 0 Å². The first-order chi connectivity index (χ1) is 8.47. The number of hydrogen-bond donors (Lipinski definition) is 2. The fraction of sp³-hybridized carbons (Fsp3) is 0.167. The average molecular weight is 326 g/mol. The molecule has 0 aliphatic rings. The number of nitrogens with one attached hydrogen (secondary N) is 1. The van der Waals surface area contributed by atoms with Crippen molar-refractivity contribution in [1.29, 1.82) is 0 Å². The van der Waals surface area contributed by atoms with E-state index in [1.165, 1.54) is 11.3 Å². The maximum Gasteiger partial charge on any atom is 0.267 e. The van der Waals surface area contributed by atoms with E-state index in [-0.39, 0.29) is 5.91 Å². The van der Waals surface area contributed by atoms with E-state index in [1.807, 2.05) is 25.1 Å². The van der Waals surface area contributed by atoms with Crippen LogP contribution in [0, 0.1) is 13.8 Å². The van der Waals surface area contributed by atoms with Gasteiger partial charge in [0, 0.05) is 10.2 Å². The number of benzene rings is 1. The number of amides is 1. The minimum absolute atomic E-state index is 0.178. The molecular weight excluding hydrogens is 314 g/mol. The Labute approximate surface area is 117 Å². The van der Waals surface area contributed by atoms with Crippen LogP contribution in [-0.2, 0) is 0 Å². The summed E-state index contributed by atoms with van der Waals surface area (Å²) in [5, 5.41) is 3.27. The molecule has 3 N–H and O–H groups in total. The van der Waals surface area contributed by atoms with Crippen molar-refractivity contribution < 1.29 is 4.79 Å². The number of rotatable bonds is 2. The summed E-state index contributed by atoms with van der Waals surface area (Å²) in [7, 11) is 0. The first-order valence-electron chi connectivity index (χ1n) is 5.28. The number of hydrogen-bond acceptors (Lipinski definition) is 4. The van der Waals surface area contributed by atoms with E-state index in [2.05, 4.69) is 26.2 Å². The number of nitrogen functional groups attached to an aromatic ring is 1. The maximum atomic E-state index is 12.1. The van der Waals surface area contributed by atoms with Crippen LogP contribution in [0.2, 0.25) is 0 Å². The molecule has 0 fully saturated rings. The molecule has 18 heavy (non-hydrogen) atoms. The van der Waals surface area contributed by atoms with Gasteiger partial charge in [-0.1, -0.05) is 33.3 Å². The molecule has 0 spiro atoms.